The Hall–Kier alpha value is -3.91. The van der Waals surface area contributed by atoms with Gasteiger partial charge in [0.05, 0.1) is 23.8 Å². The molecule has 0 aromatic heterocycles. The summed E-state index contributed by atoms with van der Waals surface area (Å²) in [6, 6.07) is 5.54. The number of hydrogen-bond acceptors (Lipinski definition) is 8. The van der Waals surface area contributed by atoms with Crippen LogP contribution in [0.2, 0.25) is 0 Å². The number of nitrogens with zero attached hydrogens (tertiary/aromatic N) is 5. The predicted octanol–water partition coefficient (Wildman–Crippen LogP) is 5.19. The zero-order chi connectivity index (χ0) is 31.3. The van der Waals surface area contributed by atoms with Gasteiger partial charge in [-0.3, -0.25) is 14.9 Å². The van der Waals surface area contributed by atoms with E-state index in [9.17, 15) is 14.6 Å². The quantitative estimate of drug-likeness (QED) is 0.255. The summed E-state index contributed by atoms with van der Waals surface area (Å²) in [5.41, 5.74) is 0.339. The van der Waals surface area contributed by atoms with E-state index in [2.05, 4.69) is 37.4 Å². The number of phenols is 1. The summed E-state index contributed by atoms with van der Waals surface area (Å²) in [4.78, 5) is 18.1. The lowest BCUT2D eigenvalue weighted by Gasteiger charge is -2.31. The Morgan fingerprint density at radius 1 is 1.18 bits per heavy atom. The van der Waals surface area contributed by atoms with Crippen molar-refractivity contribution in [2.24, 2.45) is 20.9 Å². The fourth-order valence-corrected chi connectivity index (χ4v) is 8.34. The maximum Gasteiger partial charge on any atom is 0.175 e. The van der Waals surface area contributed by atoms with Gasteiger partial charge in [-0.1, -0.05) is 12.0 Å². The van der Waals surface area contributed by atoms with E-state index in [1.807, 2.05) is 0 Å². The van der Waals surface area contributed by atoms with Crippen LogP contribution in [0.5, 0.6) is 5.75 Å². The second-order valence-electron chi connectivity index (χ2n) is 12.9. The van der Waals surface area contributed by atoms with Crippen molar-refractivity contribution in [2.75, 3.05) is 33.0 Å². The molecular formula is C35H37F2N5O3. The summed E-state index contributed by atoms with van der Waals surface area (Å²) in [6.07, 6.45) is 13.4. The number of hydrogen-bond donors (Lipinski definition) is 2. The summed E-state index contributed by atoms with van der Waals surface area (Å²) in [6.45, 7) is 7.05. The van der Waals surface area contributed by atoms with Crippen molar-refractivity contribution in [2.45, 2.75) is 62.6 Å². The number of aliphatic imine (C=N–C) groups is 3. The maximum absolute atomic E-state index is 16.9. The number of aliphatic hydroxyl groups is 1. The fourth-order valence-electron chi connectivity index (χ4n) is 8.34. The molecule has 1 saturated carbocycles. The number of ether oxygens (including phenoxy) is 1. The summed E-state index contributed by atoms with van der Waals surface area (Å²) in [5.74, 6) is 1.59. The molecule has 8 nitrogen and oxygen atoms in total. The van der Waals surface area contributed by atoms with E-state index in [0.717, 1.165) is 45.2 Å². The largest absolute Gasteiger partial charge is 0.508 e. The molecule has 2 bridgehead atoms. The van der Waals surface area contributed by atoms with Crippen LogP contribution in [0.15, 0.2) is 56.5 Å². The van der Waals surface area contributed by atoms with E-state index in [4.69, 9.17) is 11.2 Å². The molecule has 1 aliphatic carbocycles. The number of terminal acetylenes is 1. The Balaban J connectivity index is 1.31. The third-order valence-electron chi connectivity index (χ3n) is 10.3. The molecule has 2 aromatic carbocycles. The monoisotopic (exact) mass is 613 g/mol. The standard InChI is InChI=1S/C35H37F2N5O3/c1-3-26-29(36)7-6-22-14-25(44)16-27(30(22)26)32-31(37)33(40-20-45-19-35-8-4-10-41(35)11-5-9-35)28(17-39-32)34(38-2)42-18-21-12-23(42)15-24(43)13-21/h1,6-7,14,16-17,21,23-24,43-44H,2,4-5,8-13,15,18-20H2/b34-28+,40-33+. The highest BCUT2D eigenvalue weighted by molar-refractivity contribution is 6.29. The summed E-state index contributed by atoms with van der Waals surface area (Å²) >= 11 is 0. The van der Waals surface area contributed by atoms with Crippen LogP contribution in [-0.2, 0) is 4.74 Å². The van der Waals surface area contributed by atoms with Crippen molar-refractivity contribution in [1.29, 1.82) is 0 Å². The minimum Gasteiger partial charge on any atom is -0.508 e. The Morgan fingerprint density at radius 3 is 2.73 bits per heavy atom. The zero-order valence-electron chi connectivity index (χ0n) is 25.2. The van der Waals surface area contributed by atoms with Crippen LogP contribution >= 0.6 is 0 Å². The molecule has 4 heterocycles. The highest BCUT2D eigenvalue weighted by Crippen LogP contribution is 2.42. The van der Waals surface area contributed by atoms with Crippen molar-refractivity contribution in [3.63, 3.8) is 0 Å². The normalized spacial score (nSPS) is 27.8. The van der Waals surface area contributed by atoms with Crippen LogP contribution in [0.4, 0.5) is 8.78 Å². The Morgan fingerprint density at radius 2 is 1.98 bits per heavy atom. The number of likely N-dealkylation sites (tertiary alicyclic amines) is 1. The van der Waals surface area contributed by atoms with Crippen molar-refractivity contribution < 1.29 is 23.7 Å². The molecule has 234 valence electrons. The van der Waals surface area contributed by atoms with Gasteiger partial charge in [0.15, 0.2) is 5.83 Å². The van der Waals surface area contributed by atoms with Gasteiger partial charge in [-0.15, -0.1) is 6.42 Å². The molecule has 0 amide bonds. The second-order valence-corrected chi connectivity index (χ2v) is 12.9. The number of rotatable bonds is 7. The lowest BCUT2D eigenvalue weighted by Crippen LogP contribution is -2.42. The molecule has 3 atom stereocenters. The molecule has 7 rings (SSSR count). The van der Waals surface area contributed by atoms with Crippen molar-refractivity contribution in [1.82, 2.24) is 9.80 Å². The first-order valence-electron chi connectivity index (χ1n) is 15.7. The van der Waals surface area contributed by atoms with E-state index >= 15 is 4.39 Å². The molecule has 0 spiro atoms. The van der Waals surface area contributed by atoms with Crippen LogP contribution < -0.4 is 0 Å². The lowest BCUT2D eigenvalue weighted by atomic mass is 9.88. The molecule has 45 heavy (non-hydrogen) atoms. The van der Waals surface area contributed by atoms with Crippen molar-refractivity contribution >= 4 is 35.1 Å². The molecule has 4 fully saturated rings. The van der Waals surface area contributed by atoms with Gasteiger partial charge in [-0.2, -0.15) is 0 Å². The highest BCUT2D eigenvalue weighted by Gasteiger charge is 2.44. The van der Waals surface area contributed by atoms with Gasteiger partial charge in [-0.25, -0.2) is 13.8 Å². The number of phenolic OH excluding ortho intramolecular Hbond substituents is 1. The lowest BCUT2D eigenvalue weighted by molar-refractivity contribution is 0.0392. The number of allylic oxidation sites excluding steroid dienone is 2. The first-order chi connectivity index (χ1) is 21.8. The molecule has 10 heteroatoms. The number of fused-ring (bicyclic) bond motifs is 4. The van der Waals surface area contributed by atoms with Crippen LogP contribution in [0.3, 0.4) is 0 Å². The first-order valence-corrected chi connectivity index (χ1v) is 15.7. The van der Waals surface area contributed by atoms with E-state index < -0.39 is 17.7 Å². The maximum atomic E-state index is 16.9. The summed E-state index contributed by atoms with van der Waals surface area (Å²) in [5, 5.41) is 21.7. The van der Waals surface area contributed by atoms with Gasteiger partial charge in [0.2, 0.25) is 0 Å². The molecule has 0 radical (unpaired) electrons. The predicted molar refractivity (Wildman–Crippen MR) is 171 cm³/mol. The summed E-state index contributed by atoms with van der Waals surface area (Å²) in [7, 11) is 0. The van der Waals surface area contributed by atoms with Crippen LogP contribution in [-0.4, -0.2) is 89.3 Å². The topological polar surface area (TPSA) is 93.3 Å². The summed E-state index contributed by atoms with van der Waals surface area (Å²) < 4.78 is 37.9. The minimum absolute atomic E-state index is 0.00764. The van der Waals surface area contributed by atoms with Crippen LogP contribution in [0, 0.1) is 24.1 Å². The van der Waals surface area contributed by atoms with Gasteiger partial charge in [0.25, 0.3) is 0 Å². The van der Waals surface area contributed by atoms with Gasteiger partial charge in [0.1, 0.15) is 35.5 Å². The van der Waals surface area contributed by atoms with Gasteiger partial charge in [0, 0.05) is 35.3 Å². The van der Waals surface area contributed by atoms with Crippen LogP contribution in [0.25, 0.3) is 16.5 Å². The molecule has 4 aliphatic heterocycles. The minimum atomic E-state index is -0.764. The third-order valence-corrected chi connectivity index (χ3v) is 10.3. The van der Waals surface area contributed by atoms with Gasteiger partial charge >= 0.3 is 0 Å². The number of benzene rings is 2. The molecule has 2 aromatic rings. The fraction of sp³-hybridized carbons (Fsp3) is 0.457. The molecule has 3 unspecified atom stereocenters. The van der Waals surface area contributed by atoms with Crippen molar-refractivity contribution in [3.8, 4) is 18.1 Å². The van der Waals surface area contributed by atoms with E-state index in [0.29, 0.717) is 48.7 Å². The van der Waals surface area contributed by atoms with Gasteiger partial charge < -0.3 is 19.8 Å². The number of aliphatic hydroxyl groups excluding tert-OH is 1. The first kappa shape index (κ1) is 29.8. The molecule has 5 aliphatic rings. The SMILES string of the molecule is C#Cc1c(F)ccc2cc(O)cc(C3=C(F)C(=N/COCC45CCCN4CCC5)/C(=C(\N=C)N4CC5CC(O)CC4C5)C=N3)c12. The molecule has 2 N–H and O–H groups in total. The van der Waals surface area contributed by atoms with E-state index in [-0.39, 0.29) is 52.0 Å². The molecule has 3 saturated heterocycles. The smallest absolute Gasteiger partial charge is 0.175 e. The number of aromatic hydroxyl groups is 1. The van der Waals surface area contributed by atoms with Crippen LogP contribution in [0.1, 0.15) is 56.1 Å². The van der Waals surface area contributed by atoms with E-state index in [1.165, 1.54) is 30.5 Å². The molecular weight excluding hydrogens is 576 g/mol. The Bertz CT molecular complexity index is 1710. The number of halogens is 2. The Kier molecular flexibility index (Phi) is 7.80. The third kappa shape index (κ3) is 5.17. The average molecular weight is 614 g/mol. The highest BCUT2D eigenvalue weighted by atomic mass is 19.1. The van der Waals surface area contributed by atoms with Gasteiger partial charge in [-0.05, 0) is 94.3 Å². The zero-order valence-corrected chi connectivity index (χ0v) is 25.2. The van der Waals surface area contributed by atoms with Crippen molar-refractivity contribution in [3.05, 3.63) is 58.4 Å². The average Bonchev–Trinajstić information content (AvgIpc) is 3.68. The second kappa shape index (κ2) is 11.8. The van der Waals surface area contributed by atoms with E-state index in [1.54, 1.807) is 0 Å². The Labute approximate surface area is 261 Å².